The van der Waals surface area contributed by atoms with Gasteiger partial charge >= 0.3 is 0 Å². The average Bonchev–Trinajstić information content (AvgIpc) is 3.56. The minimum absolute atomic E-state index is 0.212. The predicted octanol–water partition coefficient (Wildman–Crippen LogP) is 7.96. The minimum atomic E-state index is -0.212. The number of pyridine rings is 1. The van der Waals surface area contributed by atoms with E-state index >= 15 is 0 Å². The second-order valence-corrected chi connectivity index (χ2v) is 10.4. The van der Waals surface area contributed by atoms with Crippen molar-refractivity contribution < 1.29 is 0 Å². The highest BCUT2D eigenvalue weighted by Gasteiger charge is 2.42. The number of rotatable bonds is 6. The Hall–Kier alpha value is -4.18. The Morgan fingerprint density at radius 2 is 1.43 bits per heavy atom. The van der Waals surface area contributed by atoms with Crippen molar-refractivity contribution in [3.8, 4) is 11.4 Å². The van der Waals surface area contributed by atoms with Gasteiger partial charge in [-0.3, -0.25) is 4.98 Å². The third kappa shape index (κ3) is 3.59. The van der Waals surface area contributed by atoms with Crippen molar-refractivity contribution in [2.45, 2.75) is 33.1 Å². The predicted molar refractivity (Wildman–Crippen MR) is 153 cm³/mol. The van der Waals surface area contributed by atoms with Gasteiger partial charge in [0.25, 0.3) is 0 Å². The second kappa shape index (κ2) is 9.04. The van der Waals surface area contributed by atoms with E-state index < -0.39 is 0 Å². The van der Waals surface area contributed by atoms with E-state index in [0.717, 1.165) is 17.1 Å². The monoisotopic (exact) mass is 484 g/mol. The SMILES string of the molecule is CC(C)C(c1cccc(-n2c3ccccc3c3ccc(-n4cccn4)cc32)c1)(c1ccccn1)C(C)C. The molecule has 0 spiro atoms. The molecule has 0 aliphatic carbocycles. The molecule has 0 atom stereocenters. The molecule has 184 valence electrons. The zero-order valence-electron chi connectivity index (χ0n) is 21.8. The third-order valence-electron chi connectivity index (χ3n) is 7.92. The van der Waals surface area contributed by atoms with Gasteiger partial charge in [-0.25, -0.2) is 4.68 Å². The van der Waals surface area contributed by atoms with Crippen LogP contribution < -0.4 is 0 Å². The summed E-state index contributed by atoms with van der Waals surface area (Å²) in [6.45, 7) is 9.27. The fourth-order valence-electron chi connectivity index (χ4n) is 6.38. The van der Waals surface area contributed by atoms with Gasteiger partial charge in [-0.05, 0) is 65.9 Å². The van der Waals surface area contributed by atoms with Gasteiger partial charge in [0.1, 0.15) is 0 Å². The van der Waals surface area contributed by atoms with E-state index in [9.17, 15) is 0 Å². The molecule has 6 rings (SSSR count). The summed E-state index contributed by atoms with van der Waals surface area (Å²) in [4.78, 5) is 4.89. The Morgan fingerprint density at radius 1 is 0.649 bits per heavy atom. The second-order valence-electron chi connectivity index (χ2n) is 10.4. The smallest absolute Gasteiger partial charge is 0.0666 e. The maximum Gasteiger partial charge on any atom is 0.0666 e. The number of hydrogen-bond donors (Lipinski definition) is 0. The van der Waals surface area contributed by atoms with Gasteiger partial charge < -0.3 is 4.57 Å². The average molecular weight is 485 g/mol. The molecule has 6 aromatic rings. The molecule has 37 heavy (non-hydrogen) atoms. The molecule has 0 aliphatic heterocycles. The quantitative estimate of drug-likeness (QED) is 0.240. The summed E-state index contributed by atoms with van der Waals surface area (Å²) >= 11 is 0. The van der Waals surface area contributed by atoms with Crippen LogP contribution in [0.1, 0.15) is 39.0 Å². The van der Waals surface area contributed by atoms with Crippen LogP contribution in [0.2, 0.25) is 0 Å². The topological polar surface area (TPSA) is 35.6 Å². The van der Waals surface area contributed by atoms with Crippen molar-refractivity contribution in [3.05, 3.63) is 121 Å². The van der Waals surface area contributed by atoms with Crippen LogP contribution in [0.4, 0.5) is 0 Å². The first-order valence-electron chi connectivity index (χ1n) is 13.1. The van der Waals surface area contributed by atoms with Crippen LogP contribution in [0.25, 0.3) is 33.2 Å². The van der Waals surface area contributed by atoms with Crippen LogP contribution in [0, 0.1) is 11.8 Å². The Morgan fingerprint density at radius 3 is 2.16 bits per heavy atom. The first-order chi connectivity index (χ1) is 18.0. The molecule has 4 heteroatoms. The maximum absolute atomic E-state index is 4.89. The maximum atomic E-state index is 4.89. The van der Waals surface area contributed by atoms with Crippen LogP contribution in [0.5, 0.6) is 0 Å². The summed E-state index contributed by atoms with van der Waals surface area (Å²) in [6.07, 6.45) is 5.72. The fraction of sp³-hybridized carbons (Fsp3) is 0.212. The number of fused-ring (bicyclic) bond motifs is 3. The number of para-hydroxylation sites is 1. The van der Waals surface area contributed by atoms with E-state index in [1.807, 2.05) is 35.4 Å². The zero-order chi connectivity index (χ0) is 25.6. The lowest BCUT2D eigenvalue weighted by Gasteiger charge is -2.42. The van der Waals surface area contributed by atoms with Crippen LogP contribution in [0.3, 0.4) is 0 Å². The van der Waals surface area contributed by atoms with Crippen molar-refractivity contribution in [3.63, 3.8) is 0 Å². The summed E-state index contributed by atoms with van der Waals surface area (Å²) in [5.41, 5.74) is 6.78. The van der Waals surface area contributed by atoms with Gasteiger partial charge in [-0.1, -0.05) is 70.2 Å². The minimum Gasteiger partial charge on any atom is -0.309 e. The van der Waals surface area contributed by atoms with Gasteiger partial charge in [-0.15, -0.1) is 0 Å². The first-order valence-corrected chi connectivity index (χ1v) is 13.1. The fourth-order valence-corrected chi connectivity index (χ4v) is 6.38. The van der Waals surface area contributed by atoms with E-state index in [4.69, 9.17) is 4.98 Å². The van der Waals surface area contributed by atoms with Crippen molar-refractivity contribution >= 4 is 21.8 Å². The number of benzene rings is 3. The van der Waals surface area contributed by atoms with Crippen LogP contribution >= 0.6 is 0 Å². The van der Waals surface area contributed by atoms with Crippen molar-refractivity contribution in [1.82, 2.24) is 19.3 Å². The van der Waals surface area contributed by atoms with E-state index in [2.05, 4.69) is 116 Å². The molecule has 0 bridgehead atoms. The lowest BCUT2D eigenvalue weighted by Crippen LogP contribution is -2.40. The van der Waals surface area contributed by atoms with E-state index in [1.165, 1.54) is 27.4 Å². The van der Waals surface area contributed by atoms with Gasteiger partial charge in [0.2, 0.25) is 0 Å². The van der Waals surface area contributed by atoms with E-state index in [0.29, 0.717) is 11.8 Å². The van der Waals surface area contributed by atoms with Gasteiger partial charge in [0, 0.05) is 40.5 Å². The Kier molecular flexibility index (Phi) is 5.68. The van der Waals surface area contributed by atoms with Crippen LogP contribution in [-0.4, -0.2) is 19.3 Å². The lowest BCUT2D eigenvalue weighted by molar-refractivity contribution is 0.266. The van der Waals surface area contributed by atoms with Crippen molar-refractivity contribution in [1.29, 1.82) is 0 Å². The molecule has 3 heterocycles. The molecule has 0 fully saturated rings. The number of aromatic nitrogens is 4. The Bertz CT molecular complexity index is 1670. The number of hydrogen-bond acceptors (Lipinski definition) is 2. The van der Waals surface area contributed by atoms with Crippen molar-refractivity contribution in [2.24, 2.45) is 11.8 Å². The van der Waals surface area contributed by atoms with E-state index in [-0.39, 0.29) is 5.41 Å². The molecule has 3 aromatic heterocycles. The normalized spacial score (nSPS) is 12.3. The molecule has 0 aliphatic rings. The molecule has 0 saturated heterocycles. The molecule has 3 aromatic carbocycles. The Balaban J connectivity index is 1.63. The highest BCUT2D eigenvalue weighted by molar-refractivity contribution is 6.09. The molecular weight excluding hydrogens is 452 g/mol. The summed E-state index contributed by atoms with van der Waals surface area (Å²) in [5, 5.41) is 6.95. The van der Waals surface area contributed by atoms with Crippen LogP contribution in [-0.2, 0) is 5.41 Å². The molecular formula is C33H32N4. The summed E-state index contributed by atoms with van der Waals surface area (Å²) in [7, 11) is 0. The Labute approximate surface area is 218 Å². The first kappa shape index (κ1) is 23.2. The highest BCUT2D eigenvalue weighted by Crippen LogP contribution is 2.45. The molecule has 0 N–H and O–H groups in total. The largest absolute Gasteiger partial charge is 0.309 e. The summed E-state index contributed by atoms with van der Waals surface area (Å²) in [6, 6.07) is 32.6. The zero-order valence-corrected chi connectivity index (χ0v) is 21.8. The molecule has 0 radical (unpaired) electrons. The third-order valence-corrected chi connectivity index (χ3v) is 7.92. The molecule has 0 amide bonds. The summed E-state index contributed by atoms with van der Waals surface area (Å²) < 4.78 is 4.31. The number of nitrogens with zero attached hydrogens (tertiary/aromatic N) is 4. The molecule has 0 saturated carbocycles. The lowest BCUT2D eigenvalue weighted by atomic mass is 9.62. The van der Waals surface area contributed by atoms with Gasteiger partial charge in [0.05, 0.1) is 22.4 Å². The van der Waals surface area contributed by atoms with Crippen molar-refractivity contribution in [2.75, 3.05) is 0 Å². The molecule has 0 unspecified atom stereocenters. The highest BCUT2D eigenvalue weighted by atomic mass is 15.3. The standard InChI is InChI=1S/C33H32N4/c1-23(2)33(24(3)4,32-15-7-8-18-34-32)25-11-9-12-27(21-25)37-30-14-6-5-13-28(30)29-17-16-26(22-31(29)37)36-20-10-19-35-36/h5-24H,1-4H3. The van der Waals surface area contributed by atoms with Gasteiger partial charge in [0.15, 0.2) is 0 Å². The summed E-state index contributed by atoms with van der Waals surface area (Å²) in [5.74, 6) is 0.726. The van der Waals surface area contributed by atoms with Crippen LogP contribution in [0.15, 0.2) is 110 Å². The van der Waals surface area contributed by atoms with E-state index in [1.54, 1.807) is 0 Å². The molecule has 4 nitrogen and oxygen atoms in total. The van der Waals surface area contributed by atoms with Gasteiger partial charge in [-0.2, -0.15) is 5.10 Å².